The second kappa shape index (κ2) is 4.70. The van der Waals surface area contributed by atoms with Crippen molar-refractivity contribution in [3.63, 3.8) is 0 Å². The van der Waals surface area contributed by atoms with Crippen LogP contribution >= 0.6 is 0 Å². The molecule has 2 saturated carbocycles. The summed E-state index contributed by atoms with van der Waals surface area (Å²) < 4.78 is 0. The van der Waals surface area contributed by atoms with Crippen LogP contribution in [0.5, 0.6) is 0 Å². The summed E-state index contributed by atoms with van der Waals surface area (Å²) in [4.78, 5) is 0. The highest BCUT2D eigenvalue weighted by atomic mass is 16.3. The van der Waals surface area contributed by atoms with E-state index in [-0.39, 0.29) is 16.9 Å². The SMILES string of the molecule is C=CC1(O)C=C2CC(O)C3C(C)(C)CCC[C@]3(C)[C@H]2CC1. The highest BCUT2D eigenvalue weighted by molar-refractivity contribution is 5.29. The Labute approximate surface area is 128 Å². The van der Waals surface area contributed by atoms with Crippen molar-refractivity contribution in [1.29, 1.82) is 0 Å². The molecule has 0 spiro atoms. The van der Waals surface area contributed by atoms with Crippen LogP contribution in [0.1, 0.15) is 59.3 Å². The van der Waals surface area contributed by atoms with Gasteiger partial charge in [-0.25, -0.2) is 0 Å². The molecule has 5 atom stereocenters. The summed E-state index contributed by atoms with van der Waals surface area (Å²) in [7, 11) is 0. The van der Waals surface area contributed by atoms with E-state index in [1.807, 2.05) is 6.08 Å². The standard InChI is InChI=1S/C19H30O2/c1-5-19(21)10-7-14-13(12-19)11-15(20)16-17(2,3)8-6-9-18(14,16)4/h5,12,14-16,20-21H,1,6-11H2,2-4H3/t14-,15?,16?,18+,19?/m0/s1. The van der Waals surface area contributed by atoms with Crippen molar-refractivity contribution in [1.82, 2.24) is 0 Å². The molecule has 118 valence electrons. The molecule has 0 radical (unpaired) electrons. The van der Waals surface area contributed by atoms with Gasteiger partial charge in [-0.05, 0) is 60.8 Å². The Kier molecular flexibility index (Phi) is 3.42. The Hall–Kier alpha value is -0.600. The Morgan fingerprint density at radius 3 is 2.62 bits per heavy atom. The first-order chi connectivity index (χ1) is 9.72. The van der Waals surface area contributed by atoms with Crippen molar-refractivity contribution in [2.75, 3.05) is 0 Å². The number of aliphatic hydroxyl groups is 2. The van der Waals surface area contributed by atoms with Gasteiger partial charge < -0.3 is 10.2 Å². The van der Waals surface area contributed by atoms with Crippen LogP contribution in [0, 0.1) is 22.7 Å². The molecule has 2 heteroatoms. The van der Waals surface area contributed by atoms with Gasteiger partial charge >= 0.3 is 0 Å². The fourth-order valence-corrected chi connectivity index (χ4v) is 6.01. The molecule has 0 aliphatic heterocycles. The number of hydrogen-bond acceptors (Lipinski definition) is 2. The van der Waals surface area contributed by atoms with Gasteiger partial charge in [-0.15, -0.1) is 0 Å². The van der Waals surface area contributed by atoms with Crippen LogP contribution in [0.2, 0.25) is 0 Å². The van der Waals surface area contributed by atoms with Crippen molar-refractivity contribution in [3.05, 3.63) is 24.3 Å². The van der Waals surface area contributed by atoms with E-state index in [1.54, 1.807) is 6.08 Å². The highest BCUT2D eigenvalue weighted by Crippen LogP contribution is 2.63. The summed E-state index contributed by atoms with van der Waals surface area (Å²) in [5.41, 5.74) is 0.796. The molecule has 3 unspecified atom stereocenters. The van der Waals surface area contributed by atoms with E-state index >= 15 is 0 Å². The maximum Gasteiger partial charge on any atom is 0.101 e. The molecule has 3 aliphatic carbocycles. The predicted molar refractivity (Wildman–Crippen MR) is 85.8 cm³/mol. The normalized spacial score (nSPS) is 48.8. The monoisotopic (exact) mass is 290 g/mol. The van der Waals surface area contributed by atoms with E-state index in [1.165, 1.54) is 24.8 Å². The second-order valence-electron chi connectivity index (χ2n) is 8.60. The predicted octanol–water partition coefficient (Wildman–Crippen LogP) is 3.84. The van der Waals surface area contributed by atoms with Crippen LogP contribution < -0.4 is 0 Å². The van der Waals surface area contributed by atoms with Crippen LogP contribution in [0.3, 0.4) is 0 Å². The lowest BCUT2D eigenvalue weighted by Crippen LogP contribution is -2.56. The minimum absolute atomic E-state index is 0.174. The van der Waals surface area contributed by atoms with Crippen molar-refractivity contribution < 1.29 is 10.2 Å². The molecule has 2 nitrogen and oxygen atoms in total. The molecule has 0 aromatic heterocycles. The van der Waals surface area contributed by atoms with E-state index in [2.05, 4.69) is 27.4 Å². The van der Waals surface area contributed by atoms with Gasteiger partial charge in [0.1, 0.15) is 5.60 Å². The van der Waals surface area contributed by atoms with E-state index in [9.17, 15) is 10.2 Å². The zero-order chi connectivity index (χ0) is 15.5. The molecule has 2 N–H and O–H groups in total. The number of aliphatic hydroxyl groups excluding tert-OH is 1. The third kappa shape index (κ3) is 2.22. The zero-order valence-corrected chi connectivity index (χ0v) is 13.7. The molecule has 0 amide bonds. The quantitative estimate of drug-likeness (QED) is 0.720. The van der Waals surface area contributed by atoms with Gasteiger partial charge in [-0.1, -0.05) is 45.4 Å². The molecule has 0 heterocycles. The van der Waals surface area contributed by atoms with Gasteiger partial charge in [0, 0.05) is 0 Å². The average Bonchev–Trinajstić information content (AvgIpc) is 2.36. The van der Waals surface area contributed by atoms with Crippen LogP contribution in [0.15, 0.2) is 24.3 Å². The number of fused-ring (bicyclic) bond motifs is 3. The summed E-state index contributed by atoms with van der Waals surface area (Å²) in [6.45, 7) is 10.8. The minimum Gasteiger partial charge on any atom is -0.392 e. The molecule has 0 bridgehead atoms. The summed E-state index contributed by atoms with van der Waals surface area (Å²) >= 11 is 0. The maximum absolute atomic E-state index is 10.8. The van der Waals surface area contributed by atoms with Gasteiger partial charge in [0.2, 0.25) is 0 Å². The molecule has 3 aliphatic rings. The van der Waals surface area contributed by atoms with Crippen molar-refractivity contribution in [3.8, 4) is 0 Å². The Morgan fingerprint density at radius 1 is 1.24 bits per heavy atom. The first-order valence-electron chi connectivity index (χ1n) is 8.47. The summed E-state index contributed by atoms with van der Waals surface area (Å²) in [5.74, 6) is 0.890. The molecular formula is C19H30O2. The van der Waals surface area contributed by atoms with E-state index < -0.39 is 5.60 Å². The lowest BCUT2D eigenvalue weighted by atomic mass is 9.45. The van der Waals surface area contributed by atoms with Crippen molar-refractivity contribution in [2.24, 2.45) is 22.7 Å². The maximum atomic E-state index is 10.8. The lowest BCUT2D eigenvalue weighted by molar-refractivity contribution is -0.126. The van der Waals surface area contributed by atoms with Gasteiger partial charge in [0.25, 0.3) is 0 Å². The zero-order valence-electron chi connectivity index (χ0n) is 13.7. The van der Waals surface area contributed by atoms with Crippen LogP contribution in [0.25, 0.3) is 0 Å². The Bertz CT molecular complexity index is 478. The third-order valence-corrected chi connectivity index (χ3v) is 6.78. The number of rotatable bonds is 1. The molecule has 0 aromatic rings. The summed E-state index contributed by atoms with van der Waals surface area (Å²) in [6.07, 6.45) is 9.56. The minimum atomic E-state index is -0.862. The first-order valence-corrected chi connectivity index (χ1v) is 8.47. The van der Waals surface area contributed by atoms with E-state index in [0.29, 0.717) is 11.8 Å². The summed E-state index contributed by atoms with van der Waals surface area (Å²) in [6, 6.07) is 0. The smallest absolute Gasteiger partial charge is 0.101 e. The second-order valence-corrected chi connectivity index (χ2v) is 8.60. The third-order valence-electron chi connectivity index (χ3n) is 6.78. The van der Waals surface area contributed by atoms with Crippen molar-refractivity contribution in [2.45, 2.75) is 71.0 Å². The van der Waals surface area contributed by atoms with Crippen LogP contribution in [0.4, 0.5) is 0 Å². The molecule has 21 heavy (non-hydrogen) atoms. The molecule has 0 saturated heterocycles. The van der Waals surface area contributed by atoms with Gasteiger partial charge in [-0.2, -0.15) is 0 Å². The Morgan fingerprint density at radius 2 is 1.95 bits per heavy atom. The number of hydrogen-bond donors (Lipinski definition) is 2. The van der Waals surface area contributed by atoms with Crippen molar-refractivity contribution >= 4 is 0 Å². The average molecular weight is 290 g/mol. The lowest BCUT2D eigenvalue weighted by Gasteiger charge is -2.61. The largest absolute Gasteiger partial charge is 0.392 e. The van der Waals surface area contributed by atoms with Crippen LogP contribution in [-0.2, 0) is 0 Å². The highest BCUT2D eigenvalue weighted by Gasteiger charge is 2.57. The topological polar surface area (TPSA) is 40.5 Å². The van der Waals surface area contributed by atoms with E-state index in [0.717, 1.165) is 19.3 Å². The summed E-state index contributed by atoms with van der Waals surface area (Å²) in [5, 5.41) is 21.4. The Balaban J connectivity index is 2.03. The molecular weight excluding hydrogens is 260 g/mol. The van der Waals surface area contributed by atoms with Crippen LogP contribution in [-0.4, -0.2) is 21.9 Å². The molecule has 3 rings (SSSR count). The van der Waals surface area contributed by atoms with E-state index in [4.69, 9.17) is 0 Å². The van der Waals surface area contributed by atoms with Gasteiger partial charge in [0.05, 0.1) is 6.10 Å². The fourth-order valence-electron chi connectivity index (χ4n) is 6.01. The van der Waals surface area contributed by atoms with Gasteiger partial charge in [0.15, 0.2) is 0 Å². The fraction of sp³-hybridized carbons (Fsp3) is 0.789. The molecule has 0 aromatic carbocycles. The first kappa shape index (κ1) is 15.3. The van der Waals surface area contributed by atoms with Gasteiger partial charge in [-0.3, -0.25) is 0 Å². The molecule has 2 fully saturated rings.